The lowest BCUT2D eigenvalue weighted by Gasteiger charge is -2.31. The first-order chi connectivity index (χ1) is 21.5. The second-order valence-electron chi connectivity index (χ2n) is 11.1. The third-order valence-corrected chi connectivity index (χ3v) is 8.09. The zero-order chi connectivity index (χ0) is 30.8. The van der Waals surface area contributed by atoms with Crippen molar-refractivity contribution in [2.75, 3.05) is 6.54 Å². The summed E-state index contributed by atoms with van der Waals surface area (Å²) in [5, 5.41) is 0. The predicted molar refractivity (Wildman–Crippen MR) is 176 cm³/mol. The van der Waals surface area contributed by atoms with Crippen LogP contribution in [0.5, 0.6) is 0 Å². The van der Waals surface area contributed by atoms with E-state index in [1.54, 1.807) is 24.3 Å². The van der Waals surface area contributed by atoms with Crippen molar-refractivity contribution in [1.82, 2.24) is 9.88 Å². The molecule has 2 N–H and O–H groups in total. The largest absolute Gasteiger partial charge is 0.314 e. The molecule has 5 nitrogen and oxygen atoms in total. The van der Waals surface area contributed by atoms with E-state index < -0.39 is 5.54 Å². The lowest BCUT2D eigenvalue weighted by Crippen LogP contribution is -2.39. The fourth-order valence-corrected chi connectivity index (χ4v) is 5.60. The highest BCUT2D eigenvalue weighted by atomic mass is 16.2. The summed E-state index contributed by atoms with van der Waals surface area (Å²) in [5.74, 6) is -0.364. The number of aromatic nitrogens is 1. The maximum Gasteiger partial charge on any atom is 0.261 e. The SMILES string of the molecule is CCCCc1ccc(CCCN2C(=O)c3ccccc3C2=O)nc1.NC(c1ccccc1)(c1ccccc1)c1ccccc1. The maximum atomic E-state index is 12.3. The highest BCUT2D eigenvalue weighted by molar-refractivity contribution is 6.21. The number of nitrogens with zero attached hydrogens (tertiary/aromatic N) is 2. The molecule has 0 bridgehead atoms. The first-order valence-corrected chi connectivity index (χ1v) is 15.4. The molecular formula is C39H39N3O2. The van der Waals surface area contributed by atoms with Gasteiger partial charge in [0.2, 0.25) is 0 Å². The Balaban J connectivity index is 0.000000177. The molecule has 44 heavy (non-hydrogen) atoms. The second-order valence-corrected chi connectivity index (χ2v) is 11.1. The van der Waals surface area contributed by atoms with E-state index in [1.165, 1.54) is 23.3 Å². The molecule has 0 radical (unpaired) electrons. The van der Waals surface area contributed by atoms with Crippen molar-refractivity contribution < 1.29 is 9.59 Å². The number of imide groups is 1. The predicted octanol–water partition coefficient (Wildman–Crippen LogP) is 7.59. The number of benzene rings is 4. The van der Waals surface area contributed by atoms with Crippen LogP contribution < -0.4 is 5.73 Å². The quantitative estimate of drug-likeness (QED) is 0.136. The van der Waals surface area contributed by atoms with Crippen LogP contribution in [0.15, 0.2) is 134 Å². The van der Waals surface area contributed by atoms with Gasteiger partial charge in [-0.2, -0.15) is 0 Å². The molecule has 0 fully saturated rings. The van der Waals surface area contributed by atoms with Gasteiger partial charge in [-0.3, -0.25) is 19.5 Å². The van der Waals surface area contributed by atoms with Crippen LogP contribution in [0.2, 0.25) is 0 Å². The van der Waals surface area contributed by atoms with Crippen molar-refractivity contribution in [1.29, 1.82) is 0 Å². The van der Waals surface area contributed by atoms with E-state index >= 15 is 0 Å². The number of unbranched alkanes of at least 4 members (excludes halogenated alkanes) is 1. The lowest BCUT2D eigenvalue weighted by molar-refractivity contribution is 0.0652. The highest BCUT2D eigenvalue weighted by Crippen LogP contribution is 2.33. The van der Waals surface area contributed by atoms with Gasteiger partial charge >= 0.3 is 0 Å². The van der Waals surface area contributed by atoms with Crippen LogP contribution >= 0.6 is 0 Å². The minimum absolute atomic E-state index is 0.182. The molecule has 0 saturated heterocycles. The van der Waals surface area contributed by atoms with Crippen molar-refractivity contribution in [2.45, 2.75) is 44.6 Å². The molecule has 0 unspecified atom stereocenters. The summed E-state index contributed by atoms with van der Waals surface area (Å²) in [6, 6.07) is 41.9. The summed E-state index contributed by atoms with van der Waals surface area (Å²) >= 11 is 0. The number of hydrogen-bond donors (Lipinski definition) is 1. The van der Waals surface area contributed by atoms with E-state index in [4.69, 9.17) is 5.73 Å². The standard InChI is InChI=1S/C20H22N2O2.C19H17N/c1-2-3-7-15-11-12-16(21-14-15)8-6-13-22-19(23)17-9-4-5-10-18(17)20(22)24;20-19(16-10-4-1-5-11-16,17-12-6-2-7-13-17)18-14-8-3-9-15-18/h4-5,9-12,14H,2-3,6-8,13H2,1H3;1-15H,20H2. The number of pyridine rings is 1. The first kappa shape index (κ1) is 30.6. The van der Waals surface area contributed by atoms with Crippen LogP contribution in [0.25, 0.3) is 0 Å². The van der Waals surface area contributed by atoms with Gasteiger partial charge in [0.25, 0.3) is 11.8 Å². The Morgan fingerprint density at radius 2 is 1.09 bits per heavy atom. The normalized spacial score (nSPS) is 12.5. The number of hydrogen-bond acceptors (Lipinski definition) is 4. The van der Waals surface area contributed by atoms with Crippen LogP contribution in [-0.2, 0) is 18.4 Å². The molecule has 6 rings (SSSR count). The molecule has 4 aromatic carbocycles. The van der Waals surface area contributed by atoms with E-state index in [0.717, 1.165) is 41.6 Å². The van der Waals surface area contributed by atoms with Crippen LogP contribution in [0, 0.1) is 0 Å². The monoisotopic (exact) mass is 581 g/mol. The fraction of sp³-hybridized carbons (Fsp3) is 0.205. The van der Waals surface area contributed by atoms with Gasteiger partial charge < -0.3 is 5.73 Å². The van der Waals surface area contributed by atoms with Crippen molar-refractivity contribution >= 4 is 11.8 Å². The van der Waals surface area contributed by atoms with E-state index in [2.05, 4.69) is 54.4 Å². The summed E-state index contributed by atoms with van der Waals surface area (Å²) in [4.78, 5) is 30.4. The van der Waals surface area contributed by atoms with Gasteiger partial charge in [-0.05, 0) is 66.1 Å². The van der Waals surface area contributed by atoms with Crippen LogP contribution in [0.4, 0.5) is 0 Å². The summed E-state index contributed by atoms with van der Waals surface area (Å²) in [6.45, 7) is 2.62. The molecule has 5 heteroatoms. The Bertz CT molecular complexity index is 1520. The zero-order valence-corrected chi connectivity index (χ0v) is 25.2. The van der Waals surface area contributed by atoms with Gasteiger partial charge in [0, 0.05) is 18.4 Å². The van der Waals surface area contributed by atoms with Gasteiger partial charge in [0.15, 0.2) is 0 Å². The first-order valence-electron chi connectivity index (χ1n) is 15.4. The number of nitrogens with two attached hydrogens (primary N) is 1. The number of fused-ring (bicyclic) bond motifs is 1. The molecule has 0 saturated carbocycles. The number of amides is 2. The van der Waals surface area contributed by atoms with Crippen molar-refractivity contribution in [2.24, 2.45) is 5.73 Å². The van der Waals surface area contributed by atoms with Crippen molar-refractivity contribution in [3.63, 3.8) is 0 Å². The molecule has 2 heterocycles. The van der Waals surface area contributed by atoms with Gasteiger partial charge in [-0.15, -0.1) is 0 Å². The number of carbonyl (C=O) groups is 2. The molecular weight excluding hydrogens is 542 g/mol. The molecule has 0 aliphatic carbocycles. The average Bonchev–Trinajstić information content (AvgIpc) is 3.34. The number of rotatable bonds is 10. The van der Waals surface area contributed by atoms with Gasteiger partial charge in [-0.25, -0.2) is 0 Å². The van der Waals surface area contributed by atoms with Crippen molar-refractivity contribution in [3.8, 4) is 0 Å². The van der Waals surface area contributed by atoms with E-state index in [9.17, 15) is 9.59 Å². The molecule has 1 aromatic heterocycles. The van der Waals surface area contributed by atoms with Crippen LogP contribution in [0.1, 0.15) is 74.8 Å². The maximum absolute atomic E-state index is 12.3. The second kappa shape index (κ2) is 14.5. The van der Waals surface area contributed by atoms with E-state index in [-0.39, 0.29) is 11.8 Å². The molecule has 0 spiro atoms. The minimum Gasteiger partial charge on any atom is -0.314 e. The van der Waals surface area contributed by atoms with Gasteiger partial charge in [0.05, 0.1) is 16.7 Å². The molecule has 1 aliphatic heterocycles. The Morgan fingerprint density at radius 3 is 1.52 bits per heavy atom. The summed E-state index contributed by atoms with van der Waals surface area (Å²) in [5.41, 5.74) is 12.8. The molecule has 2 amide bonds. The zero-order valence-electron chi connectivity index (χ0n) is 25.2. The molecule has 222 valence electrons. The summed E-state index contributed by atoms with van der Waals surface area (Å²) in [6.07, 6.45) is 6.86. The third-order valence-electron chi connectivity index (χ3n) is 8.09. The van der Waals surface area contributed by atoms with E-state index in [0.29, 0.717) is 17.7 Å². The Kier molecular flexibility index (Phi) is 10.1. The molecule has 0 atom stereocenters. The van der Waals surface area contributed by atoms with Gasteiger partial charge in [0.1, 0.15) is 0 Å². The fourth-order valence-electron chi connectivity index (χ4n) is 5.60. The third kappa shape index (κ3) is 6.85. The molecule has 1 aliphatic rings. The number of carbonyl (C=O) groups excluding carboxylic acids is 2. The smallest absolute Gasteiger partial charge is 0.261 e. The highest BCUT2D eigenvalue weighted by Gasteiger charge is 2.34. The Morgan fingerprint density at radius 1 is 0.614 bits per heavy atom. The van der Waals surface area contributed by atoms with Crippen molar-refractivity contribution in [3.05, 3.63) is 173 Å². The number of aryl methyl sites for hydroxylation is 2. The van der Waals surface area contributed by atoms with Crippen LogP contribution in [-0.4, -0.2) is 28.2 Å². The lowest BCUT2D eigenvalue weighted by atomic mass is 9.78. The van der Waals surface area contributed by atoms with Crippen LogP contribution in [0.3, 0.4) is 0 Å². The Labute approximate surface area is 260 Å². The average molecular weight is 582 g/mol. The summed E-state index contributed by atoms with van der Waals surface area (Å²) in [7, 11) is 0. The minimum atomic E-state index is -0.621. The summed E-state index contributed by atoms with van der Waals surface area (Å²) < 4.78 is 0. The Hall–Kier alpha value is -4.87. The van der Waals surface area contributed by atoms with E-state index in [1.807, 2.05) is 66.9 Å². The van der Waals surface area contributed by atoms with Gasteiger partial charge in [-0.1, -0.05) is 123 Å². The topological polar surface area (TPSA) is 76.3 Å². The molecule has 5 aromatic rings.